The Morgan fingerprint density at radius 1 is 1.25 bits per heavy atom. The number of carbonyl (C=O) groups excluding carboxylic acids is 1. The Labute approximate surface area is 146 Å². The number of hydrogen-bond acceptors (Lipinski definition) is 4. The number of piperidine rings is 2. The summed E-state index contributed by atoms with van der Waals surface area (Å²) in [4.78, 5) is 16.4. The lowest BCUT2D eigenvalue weighted by molar-refractivity contribution is -0.138. The van der Waals surface area contributed by atoms with Gasteiger partial charge in [0.1, 0.15) is 0 Å². The van der Waals surface area contributed by atoms with Gasteiger partial charge in [-0.1, -0.05) is 6.08 Å². The van der Waals surface area contributed by atoms with Crippen LogP contribution in [0.1, 0.15) is 38.5 Å². The third-order valence-corrected chi connectivity index (χ3v) is 7.98. The van der Waals surface area contributed by atoms with E-state index in [-0.39, 0.29) is 11.3 Å². The van der Waals surface area contributed by atoms with Crippen molar-refractivity contribution in [1.29, 1.82) is 0 Å². The molecule has 0 N–H and O–H groups in total. The molecule has 3 aliphatic heterocycles. The maximum absolute atomic E-state index is 12.0. The Balaban J connectivity index is 1.52. The van der Waals surface area contributed by atoms with E-state index in [0.717, 1.165) is 58.3 Å². The maximum atomic E-state index is 12.0. The molecule has 0 saturated carbocycles. The SMILES string of the molecule is C=CCN1CC2(CCC1=O)CCN(CC1CCCS(=O)(=O)C1)CC2. The molecule has 24 heavy (non-hydrogen) atoms. The minimum atomic E-state index is -2.81. The van der Waals surface area contributed by atoms with Gasteiger partial charge in [-0.05, 0) is 56.5 Å². The van der Waals surface area contributed by atoms with Gasteiger partial charge in [0.2, 0.25) is 5.91 Å². The number of rotatable bonds is 4. The van der Waals surface area contributed by atoms with Gasteiger partial charge in [-0.2, -0.15) is 0 Å². The first-order chi connectivity index (χ1) is 11.4. The smallest absolute Gasteiger partial charge is 0.222 e. The second-order valence-electron chi connectivity index (χ2n) is 7.99. The molecule has 3 saturated heterocycles. The molecule has 0 aromatic carbocycles. The van der Waals surface area contributed by atoms with Crippen molar-refractivity contribution < 1.29 is 13.2 Å². The van der Waals surface area contributed by atoms with Crippen LogP contribution in [0, 0.1) is 11.3 Å². The molecule has 0 aromatic heterocycles. The third-order valence-electron chi connectivity index (χ3n) is 6.09. The average molecular weight is 355 g/mol. The summed E-state index contributed by atoms with van der Waals surface area (Å²) in [6.07, 6.45) is 7.59. The van der Waals surface area contributed by atoms with Crippen LogP contribution >= 0.6 is 0 Å². The molecule has 1 spiro atoms. The number of hydrogen-bond donors (Lipinski definition) is 0. The predicted molar refractivity (Wildman–Crippen MR) is 95.5 cm³/mol. The van der Waals surface area contributed by atoms with Crippen molar-refractivity contribution in [2.24, 2.45) is 11.3 Å². The van der Waals surface area contributed by atoms with Crippen LogP contribution in [0.4, 0.5) is 0 Å². The van der Waals surface area contributed by atoms with Crippen LogP contribution in [-0.4, -0.2) is 68.4 Å². The van der Waals surface area contributed by atoms with Crippen molar-refractivity contribution in [2.45, 2.75) is 38.5 Å². The molecule has 6 heteroatoms. The summed E-state index contributed by atoms with van der Waals surface area (Å²) in [6, 6.07) is 0. The quantitative estimate of drug-likeness (QED) is 0.721. The van der Waals surface area contributed by atoms with E-state index in [1.807, 2.05) is 11.0 Å². The molecule has 0 aromatic rings. The van der Waals surface area contributed by atoms with Crippen LogP contribution in [0.3, 0.4) is 0 Å². The molecule has 5 nitrogen and oxygen atoms in total. The van der Waals surface area contributed by atoms with Crippen molar-refractivity contribution in [1.82, 2.24) is 9.80 Å². The Bertz CT molecular complexity index is 579. The second kappa shape index (κ2) is 7.16. The van der Waals surface area contributed by atoms with E-state index in [2.05, 4.69) is 11.5 Å². The zero-order valence-corrected chi connectivity index (χ0v) is 15.4. The van der Waals surface area contributed by atoms with Gasteiger partial charge in [-0.25, -0.2) is 8.42 Å². The first kappa shape index (κ1) is 17.9. The van der Waals surface area contributed by atoms with Crippen molar-refractivity contribution in [3.63, 3.8) is 0 Å². The average Bonchev–Trinajstić information content (AvgIpc) is 2.53. The van der Waals surface area contributed by atoms with Crippen LogP contribution in [-0.2, 0) is 14.6 Å². The van der Waals surface area contributed by atoms with E-state index < -0.39 is 9.84 Å². The third kappa shape index (κ3) is 4.20. The molecular weight excluding hydrogens is 324 g/mol. The summed E-state index contributed by atoms with van der Waals surface area (Å²) in [5, 5.41) is 0. The zero-order valence-electron chi connectivity index (χ0n) is 14.6. The van der Waals surface area contributed by atoms with Crippen molar-refractivity contribution >= 4 is 15.7 Å². The molecule has 0 aliphatic carbocycles. The van der Waals surface area contributed by atoms with Crippen molar-refractivity contribution in [3.8, 4) is 0 Å². The molecule has 0 bridgehead atoms. The largest absolute Gasteiger partial charge is 0.338 e. The summed E-state index contributed by atoms with van der Waals surface area (Å²) in [5.74, 6) is 1.31. The molecular formula is C18H30N2O3S. The van der Waals surface area contributed by atoms with Gasteiger partial charge in [0.25, 0.3) is 0 Å². The Kier molecular flexibility index (Phi) is 5.35. The van der Waals surface area contributed by atoms with Gasteiger partial charge in [0.05, 0.1) is 11.5 Å². The number of nitrogens with zero attached hydrogens (tertiary/aromatic N) is 2. The predicted octanol–water partition coefficient (Wildman–Crippen LogP) is 1.70. The summed E-state index contributed by atoms with van der Waals surface area (Å²) < 4.78 is 23.6. The lowest BCUT2D eigenvalue weighted by Crippen LogP contribution is -2.52. The minimum absolute atomic E-state index is 0.260. The fraction of sp³-hybridized carbons (Fsp3) is 0.833. The highest BCUT2D eigenvalue weighted by Gasteiger charge is 2.41. The number of sulfone groups is 1. The van der Waals surface area contributed by atoms with Gasteiger partial charge in [0.15, 0.2) is 9.84 Å². The molecule has 136 valence electrons. The molecule has 3 rings (SSSR count). The van der Waals surface area contributed by atoms with Crippen molar-refractivity contribution in [3.05, 3.63) is 12.7 Å². The normalized spacial score (nSPS) is 30.4. The number of amides is 1. The molecule has 1 atom stereocenters. The number of carbonyl (C=O) groups is 1. The van der Waals surface area contributed by atoms with Gasteiger partial charge in [0, 0.05) is 26.1 Å². The van der Waals surface area contributed by atoms with Gasteiger partial charge < -0.3 is 9.80 Å². The van der Waals surface area contributed by atoms with Crippen LogP contribution in [0.2, 0.25) is 0 Å². The molecule has 3 fully saturated rings. The Hall–Kier alpha value is -0.880. The molecule has 3 heterocycles. The number of likely N-dealkylation sites (tertiary alicyclic amines) is 2. The minimum Gasteiger partial charge on any atom is -0.338 e. The lowest BCUT2D eigenvalue weighted by atomic mass is 9.72. The fourth-order valence-corrected chi connectivity index (χ4v) is 6.43. The fourth-order valence-electron chi connectivity index (χ4n) is 4.67. The topological polar surface area (TPSA) is 57.7 Å². The highest BCUT2D eigenvalue weighted by Crippen LogP contribution is 2.40. The maximum Gasteiger partial charge on any atom is 0.222 e. The molecule has 1 amide bonds. The molecule has 1 unspecified atom stereocenters. The van der Waals surface area contributed by atoms with Gasteiger partial charge in [-0.15, -0.1) is 6.58 Å². The first-order valence-electron chi connectivity index (χ1n) is 9.23. The van der Waals surface area contributed by atoms with E-state index in [0.29, 0.717) is 30.4 Å². The van der Waals surface area contributed by atoms with Crippen LogP contribution in [0.15, 0.2) is 12.7 Å². The monoisotopic (exact) mass is 354 g/mol. The van der Waals surface area contributed by atoms with Crippen LogP contribution in [0.5, 0.6) is 0 Å². The highest BCUT2D eigenvalue weighted by molar-refractivity contribution is 7.91. The van der Waals surface area contributed by atoms with E-state index in [9.17, 15) is 13.2 Å². The summed E-state index contributed by atoms with van der Waals surface area (Å²) >= 11 is 0. The Morgan fingerprint density at radius 2 is 2.00 bits per heavy atom. The van der Waals surface area contributed by atoms with E-state index in [1.165, 1.54) is 0 Å². The molecule has 3 aliphatic rings. The second-order valence-corrected chi connectivity index (χ2v) is 10.2. The van der Waals surface area contributed by atoms with Gasteiger partial charge in [-0.3, -0.25) is 4.79 Å². The van der Waals surface area contributed by atoms with Crippen LogP contribution < -0.4 is 0 Å². The van der Waals surface area contributed by atoms with Gasteiger partial charge >= 0.3 is 0 Å². The Morgan fingerprint density at radius 3 is 2.67 bits per heavy atom. The highest BCUT2D eigenvalue weighted by atomic mass is 32.2. The van der Waals surface area contributed by atoms with E-state index >= 15 is 0 Å². The van der Waals surface area contributed by atoms with E-state index in [1.54, 1.807) is 0 Å². The summed E-state index contributed by atoms with van der Waals surface area (Å²) in [5.41, 5.74) is 0.270. The molecule has 0 radical (unpaired) electrons. The lowest BCUT2D eigenvalue weighted by Gasteiger charge is -2.48. The van der Waals surface area contributed by atoms with Crippen molar-refractivity contribution in [2.75, 3.05) is 44.2 Å². The first-order valence-corrected chi connectivity index (χ1v) is 11.0. The van der Waals surface area contributed by atoms with Crippen LogP contribution in [0.25, 0.3) is 0 Å². The summed E-state index contributed by atoms with van der Waals surface area (Å²) in [6.45, 7) is 8.27. The standard InChI is InChI=1S/C18H30N2O3S/c1-2-9-20-15-18(6-5-17(20)21)7-10-19(11-8-18)13-16-4-3-12-24(22,23)14-16/h2,16H,1,3-15H2. The summed E-state index contributed by atoms with van der Waals surface area (Å²) in [7, 11) is -2.81. The van der Waals surface area contributed by atoms with E-state index in [4.69, 9.17) is 0 Å². The zero-order chi connectivity index (χ0) is 17.2.